The summed E-state index contributed by atoms with van der Waals surface area (Å²) in [6.07, 6.45) is 7.89. The van der Waals surface area contributed by atoms with Crippen LogP contribution in [-0.4, -0.2) is 0 Å². The van der Waals surface area contributed by atoms with Gasteiger partial charge in [0.1, 0.15) is 0 Å². The quantitative estimate of drug-likeness (QED) is 0.681. The first-order chi connectivity index (χ1) is 7.85. The van der Waals surface area contributed by atoms with Crippen molar-refractivity contribution in [1.82, 2.24) is 0 Å². The number of allylic oxidation sites excluding steroid dienone is 2. The number of rotatable bonds is 2. The van der Waals surface area contributed by atoms with Crippen LogP contribution in [-0.2, 0) is 12.8 Å². The zero-order valence-corrected chi connectivity index (χ0v) is 9.79. The van der Waals surface area contributed by atoms with Crippen LogP contribution in [0.25, 0.3) is 5.57 Å². The van der Waals surface area contributed by atoms with E-state index in [0.717, 1.165) is 17.6 Å². The topological polar surface area (TPSA) is 23.8 Å². The monoisotopic (exact) mass is 211 g/mol. The second kappa shape index (κ2) is 4.99. The Morgan fingerprint density at radius 2 is 2.06 bits per heavy atom. The zero-order valence-electron chi connectivity index (χ0n) is 9.79. The molecular weight excluding hydrogens is 194 g/mol. The molecule has 1 aliphatic rings. The molecule has 0 aromatic heterocycles. The molecule has 0 unspecified atom stereocenters. The lowest BCUT2D eigenvalue weighted by molar-refractivity contribution is 0.685. The summed E-state index contributed by atoms with van der Waals surface area (Å²) in [4.78, 5) is 0. The Bertz CT molecular complexity index is 449. The maximum absolute atomic E-state index is 9.10. The normalized spacial score (nSPS) is 15.4. The van der Waals surface area contributed by atoms with Crippen LogP contribution in [0.4, 0.5) is 0 Å². The fraction of sp³-hybridized carbons (Fsp3) is 0.400. The van der Waals surface area contributed by atoms with Gasteiger partial charge in [-0.2, -0.15) is 5.26 Å². The van der Waals surface area contributed by atoms with Crippen molar-refractivity contribution in [3.63, 3.8) is 0 Å². The van der Waals surface area contributed by atoms with Gasteiger partial charge in [-0.15, -0.1) is 0 Å². The van der Waals surface area contributed by atoms with E-state index in [0.29, 0.717) is 0 Å². The first kappa shape index (κ1) is 11.0. The van der Waals surface area contributed by atoms with Gasteiger partial charge in [-0.1, -0.05) is 31.2 Å². The van der Waals surface area contributed by atoms with Crippen LogP contribution in [0.15, 0.2) is 24.3 Å². The van der Waals surface area contributed by atoms with E-state index in [1.165, 1.54) is 36.8 Å². The smallest absolute Gasteiger partial charge is 0.0994 e. The van der Waals surface area contributed by atoms with E-state index in [-0.39, 0.29) is 0 Å². The number of hydrogen-bond acceptors (Lipinski definition) is 1. The van der Waals surface area contributed by atoms with Crippen LogP contribution in [0, 0.1) is 11.3 Å². The number of fused-ring (bicyclic) bond motifs is 1. The van der Waals surface area contributed by atoms with Crippen molar-refractivity contribution in [3.8, 4) is 6.07 Å². The molecule has 0 heterocycles. The number of nitrogens with zero attached hydrogens (tertiary/aromatic N) is 1. The summed E-state index contributed by atoms with van der Waals surface area (Å²) >= 11 is 0. The van der Waals surface area contributed by atoms with E-state index in [1.54, 1.807) is 0 Å². The van der Waals surface area contributed by atoms with Gasteiger partial charge >= 0.3 is 0 Å². The molecule has 0 saturated heterocycles. The molecular formula is C15H17N. The van der Waals surface area contributed by atoms with Crippen LogP contribution in [0.3, 0.4) is 0 Å². The summed E-state index contributed by atoms with van der Waals surface area (Å²) < 4.78 is 0. The Morgan fingerprint density at radius 3 is 2.75 bits per heavy atom. The Kier molecular flexibility index (Phi) is 3.41. The molecule has 1 aliphatic carbocycles. The molecule has 0 saturated carbocycles. The highest BCUT2D eigenvalue weighted by Crippen LogP contribution is 2.25. The first-order valence-electron chi connectivity index (χ1n) is 6.07. The highest BCUT2D eigenvalue weighted by Gasteiger charge is 2.10. The maximum atomic E-state index is 9.10. The van der Waals surface area contributed by atoms with Crippen LogP contribution in [0.1, 0.15) is 42.9 Å². The third-order valence-corrected chi connectivity index (χ3v) is 3.19. The molecule has 1 aromatic rings. The minimum absolute atomic E-state index is 0.816. The number of aryl methyl sites for hydroxylation is 2. The fourth-order valence-corrected chi connectivity index (χ4v) is 2.33. The molecule has 0 spiro atoms. The fourth-order valence-electron chi connectivity index (χ4n) is 2.33. The van der Waals surface area contributed by atoms with Gasteiger partial charge in [0.15, 0.2) is 0 Å². The molecule has 0 amide bonds. The van der Waals surface area contributed by atoms with Gasteiger partial charge in [0.05, 0.1) is 11.6 Å². The Hall–Kier alpha value is -1.55. The standard InChI is InChI=1S/C15H17N/c1-2-5-15(11-16)14-9-8-12-6-3-4-7-13(12)10-14/h5,8-10H,2-4,6-7H2,1H3/b15-5+. The van der Waals surface area contributed by atoms with Gasteiger partial charge in [-0.3, -0.25) is 0 Å². The van der Waals surface area contributed by atoms with Gasteiger partial charge in [-0.05, 0) is 48.8 Å². The van der Waals surface area contributed by atoms with Crippen molar-refractivity contribution in [1.29, 1.82) is 5.26 Å². The van der Waals surface area contributed by atoms with Crippen LogP contribution in [0.2, 0.25) is 0 Å². The maximum Gasteiger partial charge on any atom is 0.0994 e. The van der Waals surface area contributed by atoms with Gasteiger partial charge in [-0.25, -0.2) is 0 Å². The summed E-state index contributed by atoms with van der Waals surface area (Å²) in [5, 5.41) is 9.10. The van der Waals surface area contributed by atoms with E-state index in [4.69, 9.17) is 5.26 Å². The summed E-state index contributed by atoms with van der Waals surface area (Å²) in [6, 6.07) is 8.79. The van der Waals surface area contributed by atoms with E-state index in [2.05, 4.69) is 31.2 Å². The summed E-state index contributed by atoms with van der Waals surface area (Å²) in [6.45, 7) is 2.07. The Labute approximate surface area is 97.4 Å². The molecule has 16 heavy (non-hydrogen) atoms. The predicted molar refractivity (Wildman–Crippen MR) is 67.0 cm³/mol. The van der Waals surface area contributed by atoms with Crippen LogP contribution >= 0.6 is 0 Å². The number of benzene rings is 1. The Morgan fingerprint density at radius 1 is 1.31 bits per heavy atom. The van der Waals surface area contributed by atoms with Crippen molar-refractivity contribution in [3.05, 3.63) is 41.0 Å². The largest absolute Gasteiger partial charge is 0.192 e. The SMILES string of the molecule is CC/C=C(\C#N)c1ccc2c(c1)CCCC2. The molecule has 0 aliphatic heterocycles. The molecule has 0 N–H and O–H groups in total. The molecule has 1 nitrogen and oxygen atoms in total. The van der Waals surface area contributed by atoms with Gasteiger partial charge < -0.3 is 0 Å². The summed E-state index contributed by atoms with van der Waals surface area (Å²) in [5.41, 5.74) is 4.82. The van der Waals surface area contributed by atoms with Crippen molar-refractivity contribution in [2.24, 2.45) is 0 Å². The van der Waals surface area contributed by atoms with Crippen molar-refractivity contribution in [2.45, 2.75) is 39.0 Å². The number of nitriles is 1. The summed E-state index contributed by atoms with van der Waals surface area (Å²) in [7, 11) is 0. The van der Waals surface area contributed by atoms with Crippen LogP contribution in [0.5, 0.6) is 0 Å². The first-order valence-corrected chi connectivity index (χ1v) is 6.07. The lowest BCUT2D eigenvalue weighted by Crippen LogP contribution is -2.02. The highest BCUT2D eigenvalue weighted by molar-refractivity contribution is 5.77. The lowest BCUT2D eigenvalue weighted by Gasteiger charge is -2.16. The van der Waals surface area contributed by atoms with Gasteiger partial charge in [0.25, 0.3) is 0 Å². The van der Waals surface area contributed by atoms with Crippen molar-refractivity contribution in [2.75, 3.05) is 0 Å². The lowest BCUT2D eigenvalue weighted by atomic mass is 9.89. The Balaban J connectivity index is 2.37. The van der Waals surface area contributed by atoms with E-state index in [1.807, 2.05) is 6.08 Å². The van der Waals surface area contributed by atoms with E-state index >= 15 is 0 Å². The van der Waals surface area contributed by atoms with Crippen molar-refractivity contribution < 1.29 is 0 Å². The second-order valence-corrected chi connectivity index (χ2v) is 4.33. The molecule has 0 bridgehead atoms. The predicted octanol–water partition coefficient (Wildman–Crippen LogP) is 3.88. The zero-order chi connectivity index (χ0) is 11.4. The van der Waals surface area contributed by atoms with E-state index < -0.39 is 0 Å². The molecule has 1 heteroatoms. The van der Waals surface area contributed by atoms with E-state index in [9.17, 15) is 0 Å². The molecule has 82 valence electrons. The average molecular weight is 211 g/mol. The van der Waals surface area contributed by atoms with Crippen molar-refractivity contribution >= 4 is 5.57 Å². The van der Waals surface area contributed by atoms with Gasteiger partial charge in [0.2, 0.25) is 0 Å². The average Bonchev–Trinajstić information content (AvgIpc) is 2.35. The summed E-state index contributed by atoms with van der Waals surface area (Å²) in [5.74, 6) is 0. The van der Waals surface area contributed by atoms with Crippen LogP contribution < -0.4 is 0 Å². The molecule has 0 atom stereocenters. The molecule has 2 rings (SSSR count). The minimum Gasteiger partial charge on any atom is -0.192 e. The highest BCUT2D eigenvalue weighted by atomic mass is 14.3. The molecule has 1 aromatic carbocycles. The molecule has 0 radical (unpaired) electrons. The molecule has 0 fully saturated rings. The van der Waals surface area contributed by atoms with Gasteiger partial charge in [0, 0.05) is 0 Å². The second-order valence-electron chi connectivity index (χ2n) is 4.33. The third kappa shape index (κ3) is 2.17. The minimum atomic E-state index is 0.816. The number of hydrogen-bond donors (Lipinski definition) is 0. The third-order valence-electron chi connectivity index (χ3n) is 3.19.